The maximum atomic E-state index is 14.3. The van der Waals surface area contributed by atoms with E-state index >= 15 is 0 Å². The molecule has 0 atom stereocenters. The van der Waals surface area contributed by atoms with Crippen LogP contribution in [0.3, 0.4) is 0 Å². The zero-order chi connectivity index (χ0) is 18.4. The minimum absolute atomic E-state index is 0.0200. The standard InChI is InChI=1S/C20H14ClFO4/c1-10-17(18-14(21)3-2-4-15(18)22)19(23)13-8-7-12(9-16(13)25-10)26-20(24)11-5-6-11/h2-4,7-9,11H,5-6H2,1H3. The number of esters is 1. The van der Waals surface area contributed by atoms with Gasteiger partial charge in [0, 0.05) is 11.6 Å². The molecule has 1 fully saturated rings. The van der Waals surface area contributed by atoms with Crippen molar-refractivity contribution in [3.05, 3.63) is 63.2 Å². The van der Waals surface area contributed by atoms with Crippen molar-refractivity contribution in [2.24, 2.45) is 5.92 Å². The van der Waals surface area contributed by atoms with Crippen molar-refractivity contribution in [3.8, 4) is 16.9 Å². The fourth-order valence-electron chi connectivity index (χ4n) is 2.89. The summed E-state index contributed by atoms with van der Waals surface area (Å²) >= 11 is 6.10. The number of benzene rings is 2. The maximum absolute atomic E-state index is 14.3. The molecular formula is C20H14ClFO4. The van der Waals surface area contributed by atoms with Gasteiger partial charge in [0.25, 0.3) is 0 Å². The van der Waals surface area contributed by atoms with E-state index in [1.807, 2.05) is 0 Å². The van der Waals surface area contributed by atoms with Crippen LogP contribution in [0, 0.1) is 18.7 Å². The molecule has 4 rings (SSSR count). The van der Waals surface area contributed by atoms with E-state index < -0.39 is 11.2 Å². The highest BCUT2D eigenvalue weighted by Crippen LogP contribution is 2.34. The molecule has 3 aromatic rings. The van der Waals surface area contributed by atoms with Gasteiger partial charge in [0.2, 0.25) is 5.43 Å². The van der Waals surface area contributed by atoms with Crippen LogP contribution in [0.15, 0.2) is 45.6 Å². The molecule has 0 spiro atoms. The van der Waals surface area contributed by atoms with Crippen LogP contribution in [0.25, 0.3) is 22.1 Å². The Hall–Kier alpha value is -2.66. The first-order valence-corrected chi connectivity index (χ1v) is 8.57. The number of rotatable bonds is 3. The van der Waals surface area contributed by atoms with Crippen LogP contribution in [0.4, 0.5) is 4.39 Å². The average Bonchev–Trinajstić information content (AvgIpc) is 3.42. The van der Waals surface area contributed by atoms with Crippen LogP contribution in [-0.4, -0.2) is 5.97 Å². The largest absolute Gasteiger partial charge is 0.460 e. The molecule has 6 heteroatoms. The highest BCUT2D eigenvalue weighted by atomic mass is 35.5. The van der Waals surface area contributed by atoms with Crippen LogP contribution in [0.1, 0.15) is 18.6 Å². The van der Waals surface area contributed by atoms with Gasteiger partial charge < -0.3 is 9.15 Å². The van der Waals surface area contributed by atoms with E-state index in [0.29, 0.717) is 5.75 Å². The van der Waals surface area contributed by atoms with Gasteiger partial charge in [-0.25, -0.2) is 4.39 Å². The molecule has 0 unspecified atom stereocenters. The number of halogens is 2. The number of aryl methyl sites for hydroxylation is 1. The van der Waals surface area contributed by atoms with E-state index in [9.17, 15) is 14.0 Å². The van der Waals surface area contributed by atoms with Crippen molar-refractivity contribution < 1.29 is 18.3 Å². The third kappa shape index (κ3) is 2.88. The summed E-state index contributed by atoms with van der Waals surface area (Å²) in [7, 11) is 0. The van der Waals surface area contributed by atoms with Gasteiger partial charge in [-0.3, -0.25) is 9.59 Å². The predicted octanol–water partition coefficient (Wildman–Crippen LogP) is 4.88. The Morgan fingerprint density at radius 3 is 2.69 bits per heavy atom. The molecule has 0 amide bonds. The Bertz CT molecular complexity index is 1080. The molecule has 26 heavy (non-hydrogen) atoms. The van der Waals surface area contributed by atoms with Crippen molar-refractivity contribution in [1.82, 2.24) is 0 Å². The fourth-order valence-corrected chi connectivity index (χ4v) is 3.15. The Morgan fingerprint density at radius 2 is 2.00 bits per heavy atom. The molecule has 1 heterocycles. The molecule has 4 nitrogen and oxygen atoms in total. The Morgan fingerprint density at radius 1 is 1.23 bits per heavy atom. The number of ether oxygens (including phenoxy) is 1. The van der Waals surface area contributed by atoms with E-state index in [1.54, 1.807) is 6.92 Å². The highest BCUT2D eigenvalue weighted by Gasteiger charge is 2.31. The summed E-state index contributed by atoms with van der Waals surface area (Å²) in [5.74, 6) is -0.362. The predicted molar refractivity (Wildman–Crippen MR) is 96.0 cm³/mol. The van der Waals surface area contributed by atoms with Crippen molar-refractivity contribution in [2.75, 3.05) is 0 Å². The number of carbonyl (C=O) groups is 1. The first-order valence-electron chi connectivity index (χ1n) is 8.19. The fraction of sp³-hybridized carbons (Fsp3) is 0.200. The number of carbonyl (C=O) groups excluding carboxylic acids is 1. The number of hydrogen-bond donors (Lipinski definition) is 0. The van der Waals surface area contributed by atoms with E-state index in [2.05, 4.69) is 0 Å². The van der Waals surface area contributed by atoms with Gasteiger partial charge in [-0.05, 0) is 44.0 Å². The molecule has 1 saturated carbocycles. The summed E-state index contributed by atoms with van der Waals surface area (Å²) in [6, 6.07) is 8.76. The average molecular weight is 373 g/mol. The van der Waals surface area contributed by atoms with E-state index in [-0.39, 0.29) is 44.8 Å². The highest BCUT2D eigenvalue weighted by molar-refractivity contribution is 6.33. The number of hydrogen-bond acceptors (Lipinski definition) is 4. The topological polar surface area (TPSA) is 56.5 Å². The molecule has 1 aromatic heterocycles. The monoisotopic (exact) mass is 372 g/mol. The molecule has 0 saturated heterocycles. The molecule has 1 aliphatic rings. The van der Waals surface area contributed by atoms with Gasteiger partial charge in [-0.2, -0.15) is 0 Å². The van der Waals surface area contributed by atoms with Crippen molar-refractivity contribution in [3.63, 3.8) is 0 Å². The zero-order valence-corrected chi connectivity index (χ0v) is 14.6. The molecule has 2 aromatic carbocycles. The van der Waals surface area contributed by atoms with Crippen LogP contribution in [0.2, 0.25) is 5.02 Å². The molecule has 132 valence electrons. The van der Waals surface area contributed by atoms with Crippen LogP contribution in [0.5, 0.6) is 5.75 Å². The Labute approximate surface area is 153 Å². The lowest BCUT2D eigenvalue weighted by atomic mass is 10.0. The third-order valence-electron chi connectivity index (χ3n) is 4.38. The molecule has 0 bridgehead atoms. The third-order valence-corrected chi connectivity index (χ3v) is 4.70. The normalized spacial score (nSPS) is 13.8. The Kier molecular flexibility index (Phi) is 4.04. The molecule has 0 aliphatic heterocycles. The van der Waals surface area contributed by atoms with Crippen LogP contribution < -0.4 is 10.2 Å². The van der Waals surface area contributed by atoms with E-state index in [0.717, 1.165) is 12.8 Å². The van der Waals surface area contributed by atoms with Gasteiger partial charge in [0.1, 0.15) is 22.9 Å². The van der Waals surface area contributed by atoms with Crippen molar-refractivity contribution in [2.45, 2.75) is 19.8 Å². The minimum atomic E-state index is -0.595. The van der Waals surface area contributed by atoms with Crippen LogP contribution >= 0.6 is 11.6 Å². The lowest BCUT2D eigenvalue weighted by molar-refractivity contribution is -0.135. The number of fused-ring (bicyclic) bond motifs is 1. The second-order valence-electron chi connectivity index (χ2n) is 6.31. The SMILES string of the molecule is Cc1oc2cc(OC(=O)C3CC3)ccc2c(=O)c1-c1c(F)cccc1Cl. The molecular weight excluding hydrogens is 359 g/mol. The quantitative estimate of drug-likeness (QED) is 0.486. The van der Waals surface area contributed by atoms with Gasteiger partial charge in [0.15, 0.2) is 0 Å². The maximum Gasteiger partial charge on any atom is 0.314 e. The van der Waals surface area contributed by atoms with Crippen molar-refractivity contribution >= 4 is 28.5 Å². The Balaban J connectivity index is 1.84. The van der Waals surface area contributed by atoms with Gasteiger partial charge >= 0.3 is 5.97 Å². The zero-order valence-electron chi connectivity index (χ0n) is 13.8. The molecule has 1 aliphatic carbocycles. The minimum Gasteiger partial charge on any atom is -0.460 e. The first kappa shape index (κ1) is 16.8. The summed E-state index contributed by atoms with van der Waals surface area (Å²) in [6.07, 6.45) is 1.68. The first-order chi connectivity index (χ1) is 12.5. The summed E-state index contributed by atoms with van der Waals surface area (Å²) < 4.78 is 25.3. The summed E-state index contributed by atoms with van der Waals surface area (Å²) in [4.78, 5) is 24.7. The summed E-state index contributed by atoms with van der Waals surface area (Å²) in [5.41, 5.74) is -0.0180. The molecule has 0 radical (unpaired) electrons. The second-order valence-corrected chi connectivity index (χ2v) is 6.72. The van der Waals surface area contributed by atoms with Crippen molar-refractivity contribution in [1.29, 1.82) is 0 Å². The smallest absolute Gasteiger partial charge is 0.314 e. The second kappa shape index (κ2) is 6.25. The van der Waals surface area contributed by atoms with Gasteiger partial charge in [-0.1, -0.05) is 17.7 Å². The summed E-state index contributed by atoms with van der Waals surface area (Å²) in [6.45, 7) is 1.57. The lowest BCUT2D eigenvalue weighted by Gasteiger charge is -2.10. The van der Waals surface area contributed by atoms with E-state index in [1.165, 1.54) is 36.4 Å². The lowest BCUT2D eigenvalue weighted by Crippen LogP contribution is -2.11. The van der Waals surface area contributed by atoms with E-state index in [4.69, 9.17) is 20.8 Å². The molecule has 0 N–H and O–H groups in total. The van der Waals surface area contributed by atoms with Gasteiger partial charge in [0.05, 0.1) is 21.9 Å². The van der Waals surface area contributed by atoms with Crippen LogP contribution in [-0.2, 0) is 4.79 Å². The van der Waals surface area contributed by atoms with Gasteiger partial charge in [-0.15, -0.1) is 0 Å². The summed E-state index contributed by atoms with van der Waals surface area (Å²) in [5, 5.41) is 0.394.